The maximum absolute atomic E-state index is 11.4. The van der Waals surface area contributed by atoms with E-state index in [4.69, 9.17) is 16.7 Å². The Morgan fingerprint density at radius 1 is 1.19 bits per heavy atom. The Bertz CT molecular complexity index is 760. The Labute approximate surface area is 130 Å². The van der Waals surface area contributed by atoms with Crippen LogP contribution in [0, 0.1) is 6.92 Å². The fourth-order valence-corrected chi connectivity index (χ4v) is 2.77. The third-order valence-electron chi connectivity index (χ3n) is 3.26. The van der Waals surface area contributed by atoms with E-state index in [0.717, 1.165) is 16.8 Å². The zero-order valence-electron chi connectivity index (χ0n) is 11.8. The van der Waals surface area contributed by atoms with Crippen LogP contribution in [0.15, 0.2) is 47.4 Å². The number of anilines is 1. The zero-order valence-corrected chi connectivity index (χ0v) is 13.4. The van der Waals surface area contributed by atoms with E-state index in [9.17, 15) is 8.42 Å². The average molecular weight is 325 g/mol. The molecule has 0 amide bonds. The van der Waals surface area contributed by atoms with Gasteiger partial charge in [0.2, 0.25) is 10.0 Å². The average Bonchev–Trinajstić information content (AvgIpc) is 2.42. The molecule has 3 N–H and O–H groups in total. The lowest BCUT2D eigenvalue weighted by Crippen LogP contribution is -2.14. The Balaban J connectivity index is 2.28. The third kappa shape index (κ3) is 3.97. The number of benzene rings is 2. The van der Waals surface area contributed by atoms with Gasteiger partial charge in [-0.15, -0.1) is 0 Å². The number of nitrogens with two attached hydrogens (primary N) is 1. The predicted octanol–water partition coefficient (Wildman–Crippen LogP) is 3.47. The number of aryl methyl sites for hydroxylation is 1. The van der Waals surface area contributed by atoms with Crippen LogP contribution in [-0.4, -0.2) is 8.42 Å². The summed E-state index contributed by atoms with van der Waals surface area (Å²) in [7, 11) is -3.70. The van der Waals surface area contributed by atoms with Gasteiger partial charge in [-0.05, 0) is 49.2 Å². The highest BCUT2D eigenvalue weighted by Crippen LogP contribution is 2.26. The second kappa shape index (κ2) is 6.05. The molecule has 2 aromatic carbocycles. The van der Waals surface area contributed by atoms with Crippen molar-refractivity contribution < 1.29 is 8.42 Å². The maximum atomic E-state index is 11.4. The molecule has 0 saturated heterocycles. The summed E-state index contributed by atoms with van der Waals surface area (Å²) < 4.78 is 22.8. The minimum Gasteiger partial charge on any atom is -0.378 e. The van der Waals surface area contributed by atoms with Crippen LogP contribution in [-0.2, 0) is 10.0 Å². The molecular formula is C15H17ClN2O2S. The van der Waals surface area contributed by atoms with Crippen molar-refractivity contribution in [3.63, 3.8) is 0 Å². The quantitative estimate of drug-likeness (QED) is 0.904. The van der Waals surface area contributed by atoms with Gasteiger partial charge in [-0.25, -0.2) is 13.6 Å². The van der Waals surface area contributed by atoms with Crippen LogP contribution in [0.4, 0.5) is 5.69 Å². The molecule has 112 valence electrons. The molecule has 0 heterocycles. The number of nitrogens with one attached hydrogen (secondary N) is 1. The van der Waals surface area contributed by atoms with Crippen molar-refractivity contribution in [3.8, 4) is 0 Å². The molecule has 1 unspecified atom stereocenters. The highest BCUT2D eigenvalue weighted by Gasteiger charge is 2.12. The monoisotopic (exact) mass is 324 g/mol. The fraction of sp³-hybridized carbons (Fsp3) is 0.200. The largest absolute Gasteiger partial charge is 0.378 e. The molecule has 1 atom stereocenters. The van der Waals surface area contributed by atoms with Gasteiger partial charge in [0.05, 0.1) is 4.90 Å². The Morgan fingerprint density at radius 3 is 2.57 bits per heavy atom. The van der Waals surface area contributed by atoms with E-state index in [1.54, 1.807) is 12.1 Å². The van der Waals surface area contributed by atoms with Crippen LogP contribution >= 0.6 is 11.6 Å². The summed E-state index contributed by atoms with van der Waals surface area (Å²) in [6.07, 6.45) is 0. The lowest BCUT2D eigenvalue weighted by atomic mass is 10.1. The second-order valence-corrected chi connectivity index (χ2v) is 6.94. The molecule has 0 aliphatic heterocycles. The van der Waals surface area contributed by atoms with Crippen molar-refractivity contribution >= 4 is 27.3 Å². The molecule has 0 radical (unpaired) electrons. The van der Waals surface area contributed by atoms with Gasteiger partial charge in [-0.1, -0.05) is 29.8 Å². The lowest BCUT2D eigenvalue weighted by Gasteiger charge is -2.18. The summed E-state index contributed by atoms with van der Waals surface area (Å²) >= 11 is 6.00. The molecular weight excluding hydrogens is 308 g/mol. The highest BCUT2D eigenvalue weighted by atomic mass is 35.5. The molecule has 0 spiro atoms. The summed E-state index contributed by atoms with van der Waals surface area (Å²) in [6, 6.07) is 12.1. The van der Waals surface area contributed by atoms with E-state index in [0.29, 0.717) is 5.02 Å². The number of primary sulfonamides is 1. The molecule has 0 bridgehead atoms. The molecule has 2 aromatic rings. The topological polar surface area (TPSA) is 72.2 Å². The van der Waals surface area contributed by atoms with Crippen LogP contribution in [0.25, 0.3) is 0 Å². The minimum atomic E-state index is -3.70. The van der Waals surface area contributed by atoms with E-state index >= 15 is 0 Å². The van der Waals surface area contributed by atoms with Crippen LogP contribution in [0.2, 0.25) is 5.02 Å². The van der Waals surface area contributed by atoms with Gasteiger partial charge in [0, 0.05) is 16.8 Å². The van der Waals surface area contributed by atoms with Crippen LogP contribution in [0.1, 0.15) is 24.1 Å². The zero-order chi connectivity index (χ0) is 15.6. The number of halogens is 1. The van der Waals surface area contributed by atoms with E-state index in [1.807, 2.05) is 38.1 Å². The first-order valence-electron chi connectivity index (χ1n) is 6.43. The molecule has 0 aliphatic rings. The van der Waals surface area contributed by atoms with E-state index < -0.39 is 10.0 Å². The van der Waals surface area contributed by atoms with Crippen molar-refractivity contribution in [1.82, 2.24) is 0 Å². The third-order valence-corrected chi connectivity index (χ3v) is 4.40. The summed E-state index contributed by atoms with van der Waals surface area (Å²) in [5.74, 6) is 0. The first kappa shape index (κ1) is 15.8. The highest BCUT2D eigenvalue weighted by molar-refractivity contribution is 7.89. The summed E-state index contributed by atoms with van der Waals surface area (Å²) in [4.78, 5) is 0.108. The van der Waals surface area contributed by atoms with E-state index in [1.165, 1.54) is 6.07 Å². The molecule has 4 nitrogen and oxygen atoms in total. The fourth-order valence-electron chi connectivity index (χ4n) is 2.03. The van der Waals surface area contributed by atoms with Gasteiger partial charge < -0.3 is 5.32 Å². The number of hydrogen-bond acceptors (Lipinski definition) is 3. The van der Waals surface area contributed by atoms with Crippen LogP contribution in [0.5, 0.6) is 0 Å². The van der Waals surface area contributed by atoms with Gasteiger partial charge in [0.1, 0.15) is 0 Å². The molecule has 0 fully saturated rings. The SMILES string of the molecule is Cc1ccc(Cl)cc1NC(C)c1cccc(S(N)(=O)=O)c1. The molecule has 6 heteroatoms. The lowest BCUT2D eigenvalue weighted by molar-refractivity contribution is 0.597. The van der Waals surface area contributed by atoms with Crippen molar-refractivity contribution in [2.45, 2.75) is 24.8 Å². The molecule has 0 saturated carbocycles. The van der Waals surface area contributed by atoms with Gasteiger partial charge in [0.15, 0.2) is 0 Å². The van der Waals surface area contributed by atoms with Gasteiger partial charge in [-0.3, -0.25) is 0 Å². The standard InChI is InChI=1S/C15H17ClN2O2S/c1-10-6-7-13(16)9-15(10)18-11(2)12-4-3-5-14(8-12)21(17,19)20/h3-9,11,18H,1-2H3,(H2,17,19,20). The smallest absolute Gasteiger partial charge is 0.238 e. The van der Waals surface area contributed by atoms with Gasteiger partial charge in [-0.2, -0.15) is 0 Å². The molecule has 2 rings (SSSR count). The Hall–Kier alpha value is -1.56. The van der Waals surface area contributed by atoms with Gasteiger partial charge in [0.25, 0.3) is 0 Å². The van der Waals surface area contributed by atoms with Crippen molar-refractivity contribution in [2.24, 2.45) is 5.14 Å². The van der Waals surface area contributed by atoms with Crippen LogP contribution in [0.3, 0.4) is 0 Å². The first-order chi connectivity index (χ1) is 9.77. The molecule has 21 heavy (non-hydrogen) atoms. The second-order valence-electron chi connectivity index (χ2n) is 4.94. The number of sulfonamides is 1. The summed E-state index contributed by atoms with van der Waals surface area (Å²) in [6.45, 7) is 3.93. The normalized spacial score (nSPS) is 13.0. The Kier molecular flexibility index (Phi) is 4.56. The maximum Gasteiger partial charge on any atom is 0.238 e. The summed E-state index contributed by atoms with van der Waals surface area (Å²) in [5, 5.41) is 9.13. The van der Waals surface area contributed by atoms with Crippen molar-refractivity contribution in [2.75, 3.05) is 5.32 Å². The predicted molar refractivity (Wildman–Crippen MR) is 86.0 cm³/mol. The molecule has 0 aromatic heterocycles. The summed E-state index contributed by atoms with van der Waals surface area (Å²) in [5.41, 5.74) is 2.81. The Morgan fingerprint density at radius 2 is 1.90 bits per heavy atom. The molecule has 0 aliphatic carbocycles. The first-order valence-corrected chi connectivity index (χ1v) is 8.35. The number of rotatable bonds is 4. The van der Waals surface area contributed by atoms with Crippen LogP contribution < -0.4 is 10.5 Å². The van der Waals surface area contributed by atoms with E-state index in [-0.39, 0.29) is 10.9 Å². The minimum absolute atomic E-state index is 0.0798. The van der Waals surface area contributed by atoms with Crippen molar-refractivity contribution in [3.05, 3.63) is 58.6 Å². The van der Waals surface area contributed by atoms with Gasteiger partial charge >= 0.3 is 0 Å². The number of hydrogen-bond donors (Lipinski definition) is 2. The van der Waals surface area contributed by atoms with Crippen molar-refractivity contribution in [1.29, 1.82) is 0 Å². The van der Waals surface area contributed by atoms with E-state index in [2.05, 4.69) is 5.32 Å².